The molecule has 0 radical (unpaired) electrons. The molecular weight excluding hydrogens is 232 g/mol. The van der Waals surface area contributed by atoms with E-state index in [1.807, 2.05) is 0 Å². The number of nitrogens with zero attached hydrogens (tertiary/aromatic N) is 4. The molecule has 0 saturated heterocycles. The average molecular weight is 247 g/mol. The molecule has 7 heteroatoms. The Morgan fingerprint density at radius 1 is 1.12 bits per heavy atom. The van der Waals surface area contributed by atoms with Crippen LogP contribution in [0.25, 0.3) is 0 Å². The van der Waals surface area contributed by atoms with Crippen LogP contribution in [0.15, 0.2) is 18.7 Å². The second-order valence-electron chi connectivity index (χ2n) is 3.58. The SMILES string of the molecule is CN(C)C(=O)n1cc[n+](C(=O)N(C)C)c1.[Cl-]. The van der Waals surface area contributed by atoms with Crippen LogP contribution in [0, 0.1) is 0 Å². The Kier molecular flexibility index (Phi) is 4.97. The molecule has 0 aromatic carbocycles. The van der Waals surface area contributed by atoms with E-state index in [4.69, 9.17) is 0 Å². The fraction of sp³-hybridized carbons (Fsp3) is 0.444. The third-order valence-electron chi connectivity index (χ3n) is 1.84. The van der Waals surface area contributed by atoms with Gasteiger partial charge in [-0.3, -0.25) is 4.90 Å². The molecule has 1 heterocycles. The number of hydrogen-bond donors (Lipinski definition) is 0. The maximum atomic E-state index is 11.5. The highest BCUT2D eigenvalue weighted by atomic mass is 35.5. The Morgan fingerprint density at radius 3 is 2.12 bits per heavy atom. The Labute approximate surface area is 100 Å². The van der Waals surface area contributed by atoms with Crippen LogP contribution in [0.5, 0.6) is 0 Å². The van der Waals surface area contributed by atoms with Crippen LogP contribution in [-0.2, 0) is 0 Å². The summed E-state index contributed by atoms with van der Waals surface area (Å²) in [5, 5.41) is 0. The maximum absolute atomic E-state index is 11.5. The van der Waals surface area contributed by atoms with Gasteiger partial charge in [0.2, 0.25) is 6.33 Å². The topological polar surface area (TPSA) is 49.4 Å². The van der Waals surface area contributed by atoms with Gasteiger partial charge in [0.1, 0.15) is 12.4 Å². The summed E-state index contributed by atoms with van der Waals surface area (Å²) < 4.78 is 2.70. The summed E-state index contributed by atoms with van der Waals surface area (Å²) >= 11 is 0. The van der Waals surface area contributed by atoms with Crippen LogP contribution in [0.1, 0.15) is 0 Å². The maximum Gasteiger partial charge on any atom is 0.442 e. The first-order chi connectivity index (χ1) is 6.93. The summed E-state index contributed by atoms with van der Waals surface area (Å²) in [5.41, 5.74) is 0. The summed E-state index contributed by atoms with van der Waals surface area (Å²) in [4.78, 5) is 25.9. The number of hydrogen-bond acceptors (Lipinski definition) is 2. The van der Waals surface area contributed by atoms with E-state index in [1.165, 1.54) is 25.3 Å². The minimum absolute atomic E-state index is 0. The van der Waals surface area contributed by atoms with Gasteiger partial charge in [-0.2, -0.15) is 9.13 Å². The molecule has 0 bridgehead atoms. The van der Waals surface area contributed by atoms with Crippen molar-refractivity contribution in [2.45, 2.75) is 0 Å². The standard InChI is InChI=1S/C9H15N4O2.ClH/c1-10(2)8(14)12-5-6-13(7-12)9(15)11(3)4;/h5-7H,1-4H3;1H/q+1;/p-1. The van der Waals surface area contributed by atoms with Gasteiger partial charge in [-0.1, -0.05) is 0 Å². The fourth-order valence-electron chi connectivity index (χ4n) is 1.04. The van der Waals surface area contributed by atoms with Crippen LogP contribution in [-0.4, -0.2) is 54.6 Å². The predicted molar refractivity (Wildman–Crippen MR) is 53.6 cm³/mol. The molecule has 0 saturated carbocycles. The van der Waals surface area contributed by atoms with E-state index in [0.29, 0.717) is 0 Å². The van der Waals surface area contributed by atoms with Crippen LogP contribution >= 0.6 is 0 Å². The first kappa shape index (κ1) is 14.4. The van der Waals surface area contributed by atoms with Crippen molar-refractivity contribution in [2.24, 2.45) is 0 Å². The van der Waals surface area contributed by atoms with Crippen LogP contribution in [0.3, 0.4) is 0 Å². The van der Waals surface area contributed by atoms with Crippen LogP contribution in [0.4, 0.5) is 9.59 Å². The van der Waals surface area contributed by atoms with Crippen LogP contribution in [0.2, 0.25) is 0 Å². The minimum atomic E-state index is -0.194. The van der Waals surface area contributed by atoms with E-state index in [9.17, 15) is 9.59 Å². The highest BCUT2D eigenvalue weighted by molar-refractivity contribution is 5.76. The average Bonchev–Trinajstić information content (AvgIpc) is 2.63. The second kappa shape index (κ2) is 5.50. The lowest BCUT2D eigenvalue weighted by Crippen LogP contribution is -3.00. The van der Waals surface area contributed by atoms with E-state index in [-0.39, 0.29) is 24.5 Å². The zero-order valence-corrected chi connectivity index (χ0v) is 10.5. The summed E-state index contributed by atoms with van der Waals surface area (Å²) in [6, 6.07) is -0.388. The number of carbonyl (C=O) groups excluding carboxylic acids is 2. The molecule has 0 unspecified atom stereocenters. The molecule has 1 rings (SSSR count). The van der Waals surface area contributed by atoms with E-state index in [2.05, 4.69) is 0 Å². The summed E-state index contributed by atoms with van der Waals surface area (Å²) in [6.07, 6.45) is 4.54. The van der Waals surface area contributed by atoms with Crippen molar-refractivity contribution >= 4 is 12.1 Å². The van der Waals surface area contributed by atoms with Gasteiger partial charge in [-0.25, -0.2) is 9.59 Å². The Hall–Kier alpha value is -1.56. The van der Waals surface area contributed by atoms with E-state index < -0.39 is 0 Å². The van der Waals surface area contributed by atoms with Gasteiger partial charge in [0.25, 0.3) is 0 Å². The summed E-state index contributed by atoms with van der Waals surface area (Å²) in [5.74, 6) is 0. The first-order valence-corrected chi connectivity index (χ1v) is 4.46. The normalized spacial score (nSPS) is 9.25. The van der Waals surface area contributed by atoms with Crippen molar-refractivity contribution in [1.82, 2.24) is 14.4 Å². The fourth-order valence-corrected chi connectivity index (χ4v) is 1.04. The molecule has 0 N–H and O–H groups in total. The van der Waals surface area contributed by atoms with Crippen LogP contribution < -0.4 is 17.0 Å². The molecule has 0 atom stereocenters. The molecule has 0 aliphatic carbocycles. The quantitative estimate of drug-likeness (QED) is 0.454. The smallest absolute Gasteiger partial charge is 0.442 e. The number of imidazole rings is 1. The molecule has 0 aliphatic heterocycles. The molecule has 0 spiro atoms. The lowest BCUT2D eigenvalue weighted by atomic mass is 10.8. The van der Waals surface area contributed by atoms with Crippen molar-refractivity contribution in [2.75, 3.05) is 28.2 Å². The van der Waals surface area contributed by atoms with Gasteiger partial charge < -0.3 is 17.3 Å². The lowest BCUT2D eigenvalue weighted by molar-refractivity contribution is -0.576. The van der Waals surface area contributed by atoms with E-state index >= 15 is 0 Å². The van der Waals surface area contributed by atoms with Crippen molar-refractivity contribution in [1.29, 1.82) is 0 Å². The molecule has 2 amide bonds. The second-order valence-corrected chi connectivity index (χ2v) is 3.58. The van der Waals surface area contributed by atoms with Gasteiger partial charge in [-0.15, -0.1) is 0 Å². The van der Waals surface area contributed by atoms with Crippen molar-refractivity contribution in [3.05, 3.63) is 18.7 Å². The highest BCUT2D eigenvalue weighted by Crippen LogP contribution is 1.90. The molecular formula is C9H15ClN4O2. The number of amides is 2. The third-order valence-corrected chi connectivity index (χ3v) is 1.84. The third kappa shape index (κ3) is 2.96. The first-order valence-electron chi connectivity index (χ1n) is 4.46. The molecule has 0 fully saturated rings. The highest BCUT2D eigenvalue weighted by Gasteiger charge is 2.18. The Balaban J connectivity index is 0.00000225. The Morgan fingerprint density at radius 2 is 1.69 bits per heavy atom. The van der Waals surface area contributed by atoms with Gasteiger partial charge >= 0.3 is 12.1 Å². The van der Waals surface area contributed by atoms with Gasteiger partial charge in [-0.05, 0) is 0 Å². The van der Waals surface area contributed by atoms with E-state index in [0.717, 1.165) is 0 Å². The molecule has 0 aliphatic rings. The van der Waals surface area contributed by atoms with Crippen molar-refractivity contribution in [3.8, 4) is 0 Å². The number of aromatic nitrogens is 2. The number of carbonyl (C=O) groups is 2. The van der Waals surface area contributed by atoms with E-state index in [1.54, 1.807) is 40.6 Å². The molecule has 1 aromatic heterocycles. The van der Waals surface area contributed by atoms with Crippen molar-refractivity contribution in [3.63, 3.8) is 0 Å². The largest absolute Gasteiger partial charge is 1.00 e. The molecule has 1 aromatic rings. The van der Waals surface area contributed by atoms with Gasteiger partial charge in [0.15, 0.2) is 0 Å². The van der Waals surface area contributed by atoms with Gasteiger partial charge in [0.05, 0.1) is 14.1 Å². The minimum Gasteiger partial charge on any atom is -1.00 e. The molecule has 16 heavy (non-hydrogen) atoms. The molecule has 6 nitrogen and oxygen atoms in total. The monoisotopic (exact) mass is 246 g/mol. The number of rotatable bonds is 0. The predicted octanol–water partition coefficient (Wildman–Crippen LogP) is -3.16. The summed E-state index contributed by atoms with van der Waals surface area (Å²) in [7, 11) is 6.61. The number of halogens is 1. The zero-order valence-electron chi connectivity index (χ0n) is 9.72. The lowest BCUT2D eigenvalue weighted by Gasteiger charge is -2.06. The zero-order chi connectivity index (χ0) is 11.6. The van der Waals surface area contributed by atoms with Crippen molar-refractivity contribution < 1.29 is 26.6 Å². The Bertz CT molecular complexity index is 352. The molecule has 90 valence electrons. The summed E-state index contributed by atoms with van der Waals surface area (Å²) in [6.45, 7) is 0. The van der Waals surface area contributed by atoms with Gasteiger partial charge in [0, 0.05) is 14.1 Å².